The summed E-state index contributed by atoms with van der Waals surface area (Å²) < 4.78 is 3.59. The monoisotopic (exact) mass is 574 g/mol. The SMILES string of the molecule is C[CH2][Ge].[Se]c1ccccc1.[Se]c1ccccc1.[Se]c1ccccc1. The Bertz CT molecular complexity index is 512. The average molecular weight is 570 g/mol. The molecule has 0 unspecified atom stereocenters. The summed E-state index contributed by atoms with van der Waals surface area (Å²) in [6.45, 7) is 2.12. The van der Waals surface area contributed by atoms with Crippen LogP contribution in [-0.2, 0) is 0 Å². The van der Waals surface area contributed by atoms with E-state index in [4.69, 9.17) is 0 Å². The Morgan fingerprint density at radius 2 is 0.708 bits per heavy atom. The van der Waals surface area contributed by atoms with Gasteiger partial charge < -0.3 is 0 Å². The summed E-state index contributed by atoms with van der Waals surface area (Å²) in [4.78, 5) is 0. The molecule has 4 heteroatoms. The van der Waals surface area contributed by atoms with E-state index in [1.807, 2.05) is 91.0 Å². The van der Waals surface area contributed by atoms with E-state index in [2.05, 4.69) is 71.5 Å². The molecule has 122 valence electrons. The molecule has 0 heterocycles. The van der Waals surface area contributed by atoms with Crippen LogP contribution in [0.5, 0.6) is 0 Å². The summed E-state index contributed by atoms with van der Waals surface area (Å²) in [5.74, 6) is 0. The summed E-state index contributed by atoms with van der Waals surface area (Å²) in [6, 6.07) is 30.2. The fraction of sp³-hybridized carbons (Fsp3) is 0.100. The van der Waals surface area contributed by atoms with E-state index in [0.717, 1.165) is 0 Å². The van der Waals surface area contributed by atoms with Crippen molar-refractivity contribution < 1.29 is 0 Å². The van der Waals surface area contributed by atoms with Gasteiger partial charge in [0.25, 0.3) is 0 Å². The van der Waals surface area contributed by atoms with Crippen LogP contribution in [0.4, 0.5) is 0 Å². The van der Waals surface area contributed by atoms with Gasteiger partial charge in [-0.1, -0.05) is 0 Å². The maximum atomic E-state index is 2.90. The Kier molecular flexibility index (Phi) is 17.4. The van der Waals surface area contributed by atoms with Gasteiger partial charge in [-0.05, 0) is 0 Å². The first-order valence-electron chi connectivity index (χ1n) is 7.41. The molecule has 0 aliphatic rings. The third-order valence-corrected chi connectivity index (χ3v) is 3.94. The van der Waals surface area contributed by atoms with Crippen LogP contribution in [-0.4, -0.2) is 64.6 Å². The summed E-state index contributed by atoms with van der Waals surface area (Å²) in [7, 11) is 0. The first kappa shape index (κ1) is 23.8. The minimum atomic E-state index is 1.20. The predicted molar refractivity (Wildman–Crippen MR) is 112 cm³/mol. The fourth-order valence-electron chi connectivity index (χ4n) is 1.26. The third kappa shape index (κ3) is 16.6. The summed E-state index contributed by atoms with van der Waals surface area (Å²) >= 11 is 10.8. The molecular weight excluding hydrogens is 550 g/mol. The van der Waals surface area contributed by atoms with Crippen molar-refractivity contribution in [3.8, 4) is 0 Å². The van der Waals surface area contributed by atoms with Crippen molar-refractivity contribution in [2.45, 2.75) is 12.2 Å². The van der Waals surface area contributed by atoms with Gasteiger partial charge in [0.05, 0.1) is 0 Å². The van der Waals surface area contributed by atoms with Crippen molar-refractivity contribution in [2.75, 3.05) is 0 Å². The summed E-state index contributed by atoms with van der Waals surface area (Å²) in [5.41, 5.74) is 0. The summed E-state index contributed by atoms with van der Waals surface area (Å²) in [6.07, 6.45) is 0. The predicted octanol–water partition coefficient (Wildman–Crippen LogP) is 2.03. The average Bonchev–Trinajstić information content (AvgIpc) is 2.59. The molecule has 0 N–H and O–H groups in total. The van der Waals surface area contributed by atoms with E-state index in [-0.39, 0.29) is 0 Å². The fourth-order valence-corrected chi connectivity index (χ4v) is 2.25. The maximum absolute atomic E-state index is 2.90. The molecule has 3 aromatic carbocycles. The zero-order valence-electron chi connectivity index (χ0n) is 13.6. The van der Waals surface area contributed by atoms with Crippen LogP contribution in [0.3, 0.4) is 0 Å². The molecular formula is C20H20GeSe3. The number of benzene rings is 3. The zero-order valence-corrected chi connectivity index (χ0v) is 20.8. The molecule has 0 aromatic heterocycles. The number of rotatable bonds is 0. The van der Waals surface area contributed by atoms with Gasteiger partial charge in [-0.3, -0.25) is 0 Å². The molecule has 24 heavy (non-hydrogen) atoms. The Hall–Kier alpha value is -0.239. The molecule has 0 saturated heterocycles. The first-order chi connectivity index (χ1) is 11.6. The second-order valence-corrected chi connectivity index (χ2v) is 8.74. The van der Waals surface area contributed by atoms with Gasteiger partial charge in [0.1, 0.15) is 0 Å². The second-order valence-electron chi connectivity index (χ2n) is 4.29. The molecule has 0 fully saturated rings. The van der Waals surface area contributed by atoms with Gasteiger partial charge in [0, 0.05) is 0 Å². The van der Waals surface area contributed by atoms with Crippen LogP contribution in [0.2, 0.25) is 5.25 Å². The van der Waals surface area contributed by atoms with Crippen molar-refractivity contribution >= 4 is 77.9 Å². The molecule has 0 atom stereocenters. The van der Waals surface area contributed by atoms with Gasteiger partial charge in [-0.25, -0.2) is 0 Å². The van der Waals surface area contributed by atoms with Gasteiger partial charge >= 0.3 is 181 Å². The molecule has 0 spiro atoms. The van der Waals surface area contributed by atoms with Crippen LogP contribution in [0.25, 0.3) is 0 Å². The van der Waals surface area contributed by atoms with Crippen LogP contribution in [0, 0.1) is 0 Å². The van der Waals surface area contributed by atoms with E-state index in [1.165, 1.54) is 18.6 Å². The number of hydrogen-bond donors (Lipinski definition) is 0. The van der Waals surface area contributed by atoms with E-state index in [9.17, 15) is 0 Å². The zero-order chi connectivity index (χ0) is 18.0. The van der Waals surface area contributed by atoms with E-state index >= 15 is 0 Å². The molecule has 3 rings (SSSR count). The van der Waals surface area contributed by atoms with Crippen LogP contribution < -0.4 is 13.4 Å². The van der Waals surface area contributed by atoms with Crippen molar-refractivity contribution in [1.29, 1.82) is 0 Å². The van der Waals surface area contributed by atoms with E-state index in [0.29, 0.717) is 0 Å². The van der Waals surface area contributed by atoms with Gasteiger partial charge in [-0.15, -0.1) is 0 Å². The van der Waals surface area contributed by atoms with Crippen LogP contribution in [0.1, 0.15) is 6.92 Å². The molecule has 6 radical (unpaired) electrons. The number of hydrogen-bond acceptors (Lipinski definition) is 0. The van der Waals surface area contributed by atoms with Crippen molar-refractivity contribution in [2.24, 2.45) is 0 Å². The second kappa shape index (κ2) is 17.6. The topological polar surface area (TPSA) is 0 Å². The quantitative estimate of drug-likeness (QED) is 0.364. The van der Waals surface area contributed by atoms with Crippen molar-refractivity contribution in [3.05, 3.63) is 91.0 Å². The molecule has 0 saturated carbocycles. The van der Waals surface area contributed by atoms with Gasteiger partial charge in [0.2, 0.25) is 0 Å². The van der Waals surface area contributed by atoms with Crippen LogP contribution in [0.15, 0.2) is 91.0 Å². The molecule has 0 nitrogen and oxygen atoms in total. The normalized spacial score (nSPS) is 8.25. The molecule has 0 aliphatic carbocycles. The standard InChI is InChI=1S/3C6H5Se.C2H5Ge/c3*7-6-4-2-1-3-5-6;1-2-3/h3*1-5H;2H2,1H3. The Morgan fingerprint density at radius 1 is 0.542 bits per heavy atom. The van der Waals surface area contributed by atoms with Crippen molar-refractivity contribution in [3.63, 3.8) is 0 Å². The third-order valence-electron chi connectivity index (χ3n) is 2.23. The van der Waals surface area contributed by atoms with Crippen molar-refractivity contribution in [1.82, 2.24) is 0 Å². The van der Waals surface area contributed by atoms with Crippen LogP contribution >= 0.6 is 0 Å². The Balaban J connectivity index is 0.000000306. The Labute approximate surface area is 179 Å². The molecule has 0 bridgehead atoms. The van der Waals surface area contributed by atoms with Gasteiger partial charge in [0.15, 0.2) is 0 Å². The van der Waals surface area contributed by atoms with Gasteiger partial charge in [-0.2, -0.15) is 0 Å². The Morgan fingerprint density at radius 3 is 0.792 bits per heavy atom. The molecule has 0 amide bonds. The molecule has 3 aromatic rings. The summed E-state index contributed by atoms with van der Waals surface area (Å²) in [5, 5.41) is 1.25. The minimum absolute atomic E-state index is 1.20. The van der Waals surface area contributed by atoms with E-state index < -0.39 is 0 Å². The first-order valence-corrected chi connectivity index (χ1v) is 11.5. The van der Waals surface area contributed by atoms with E-state index in [1.54, 1.807) is 0 Å². The molecule has 0 aliphatic heterocycles.